The van der Waals surface area contributed by atoms with Crippen LogP contribution < -0.4 is 5.32 Å². The fourth-order valence-electron chi connectivity index (χ4n) is 2.15. The molecule has 1 N–H and O–H groups in total. The van der Waals surface area contributed by atoms with Crippen molar-refractivity contribution in [1.29, 1.82) is 0 Å². The van der Waals surface area contributed by atoms with Gasteiger partial charge in [0.1, 0.15) is 0 Å². The molecule has 0 aromatic carbocycles. The third-order valence-electron chi connectivity index (χ3n) is 2.94. The van der Waals surface area contributed by atoms with Crippen molar-refractivity contribution >= 4 is 0 Å². The molecule has 0 spiro atoms. The molecule has 1 heterocycles. The Morgan fingerprint density at radius 2 is 2.00 bits per heavy atom. The molecular weight excluding hydrogens is 172 g/mol. The van der Waals surface area contributed by atoms with Crippen molar-refractivity contribution in [2.75, 3.05) is 26.2 Å². The Morgan fingerprint density at radius 1 is 1.29 bits per heavy atom. The van der Waals surface area contributed by atoms with Crippen molar-refractivity contribution in [3.63, 3.8) is 0 Å². The van der Waals surface area contributed by atoms with Gasteiger partial charge in [0.05, 0.1) is 0 Å². The molecule has 0 amide bonds. The Kier molecular flexibility index (Phi) is 4.90. The first kappa shape index (κ1) is 12.0. The second-order valence-corrected chi connectivity index (χ2v) is 5.31. The van der Waals surface area contributed by atoms with Crippen LogP contribution in [0.3, 0.4) is 0 Å². The quantitative estimate of drug-likeness (QED) is 0.746. The van der Waals surface area contributed by atoms with Crippen LogP contribution in [0.2, 0.25) is 0 Å². The highest BCUT2D eigenvalue weighted by atomic mass is 15.2. The fourth-order valence-corrected chi connectivity index (χ4v) is 2.15. The summed E-state index contributed by atoms with van der Waals surface area (Å²) in [6.07, 6.45) is 1.30. The van der Waals surface area contributed by atoms with E-state index in [1.165, 1.54) is 32.6 Å². The summed E-state index contributed by atoms with van der Waals surface area (Å²) in [6.45, 7) is 14.2. The highest BCUT2D eigenvalue weighted by molar-refractivity contribution is 4.79. The lowest BCUT2D eigenvalue weighted by atomic mass is 10.0. The van der Waals surface area contributed by atoms with Gasteiger partial charge in [0.25, 0.3) is 0 Å². The molecule has 84 valence electrons. The number of nitrogens with zero attached hydrogens (tertiary/aromatic N) is 1. The Balaban J connectivity index is 2.43. The summed E-state index contributed by atoms with van der Waals surface area (Å²) in [5.74, 6) is 1.55. The maximum Gasteiger partial charge on any atom is 0.0217 e. The molecule has 1 saturated heterocycles. The van der Waals surface area contributed by atoms with Gasteiger partial charge in [0.15, 0.2) is 0 Å². The molecule has 0 bridgehead atoms. The first-order valence-electron chi connectivity index (χ1n) is 6.05. The molecule has 1 rings (SSSR count). The highest BCUT2D eigenvalue weighted by Gasteiger charge is 2.20. The van der Waals surface area contributed by atoms with Crippen LogP contribution in [0.4, 0.5) is 0 Å². The van der Waals surface area contributed by atoms with E-state index >= 15 is 0 Å². The monoisotopic (exact) mass is 198 g/mol. The maximum atomic E-state index is 3.64. The van der Waals surface area contributed by atoms with Gasteiger partial charge < -0.3 is 10.2 Å². The van der Waals surface area contributed by atoms with Crippen LogP contribution in [0.1, 0.15) is 34.1 Å². The van der Waals surface area contributed by atoms with Crippen molar-refractivity contribution in [1.82, 2.24) is 10.2 Å². The van der Waals surface area contributed by atoms with E-state index in [9.17, 15) is 0 Å². The van der Waals surface area contributed by atoms with Crippen LogP contribution in [-0.2, 0) is 0 Å². The lowest BCUT2D eigenvalue weighted by Gasteiger charge is -2.27. The third-order valence-corrected chi connectivity index (χ3v) is 2.94. The van der Waals surface area contributed by atoms with Gasteiger partial charge in [-0.2, -0.15) is 0 Å². The molecule has 0 aromatic rings. The predicted octanol–water partition coefficient (Wildman–Crippen LogP) is 1.96. The van der Waals surface area contributed by atoms with Crippen molar-refractivity contribution < 1.29 is 0 Å². The van der Waals surface area contributed by atoms with Gasteiger partial charge in [0.2, 0.25) is 0 Å². The molecular formula is C12H26N2. The summed E-state index contributed by atoms with van der Waals surface area (Å²) >= 11 is 0. The Hall–Kier alpha value is -0.0800. The first-order valence-corrected chi connectivity index (χ1v) is 6.05. The summed E-state index contributed by atoms with van der Waals surface area (Å²) in [6, 6.07) is 0.691. The second kappa shape index (κ2) is 5.72. The van der Waals surface area contributed by atoms with Crippen LogP contribution in [0.15, 0.2) is 0 Å². The summed E-state index contributed by atoms with van der Waals surface area (Å²) in [4.78, 5) is 2.62. The summed E-state index contributed by atoms with van der Waals surface area (Å²) in [5, 5.41) is 3.64. The van der Waals surface area contributed by atoms with E-state index in [4.69, 9.17) is 0 Å². The van der Waals surface area contributed by atoms with Gasteiger partial charge in [-0.05, 0) is 31.3 Å². The third kappa shape index (κ3) is 3.97. The molecule has 2 nitrogen and oxygen atoms in total. The molecule has 1 aliphatic heterocycles. The first-order chi connectivity index (χ1) is 6.59. The zero-order valence-corrected chi connectivity index (χ0v) is 10.2. The number of rotatable bonds is 3. The molecule has 1 fully saturated rings. The minimum absolute atomic E-state index is 0.691. The molecule has 0 saturated carbocycles. The Bertz CT molecular complexity index is 154. The van der Waals surface area contributed by atoms with E-state index in [1.807, 2.05) is 0 Å². The Labute approximate surface area is 89.1 Å². The van der Waals surface area contributed by atoms with E-state index < -0.39 is 0 Å². The normalized spacial score (nSPS) is 25.7. The fraction of sp³-hybridized carbons (Fsp3) is 1.00. The molecule has 0 aromatic heterocycles. The van der Waals surface area contributed by atoms with Crippen LogP contribution in [0.25, 0.3) is 0 Å². The average molecular weight is 198 g/mol. The van der Waals surface area contributed by atoms with E-state index in [2.05, 4.69) is 37.9 Å². The van der Waals surface area contributed by atoms with E-state index in [0.29, 0.717) is 6.04 Å². The van der Waals surface area contributed by atoms with E-state index in [0.717, 1.165) is 11.8 Å². The number of hydrogen-bond acceptors (Lipinski definition) is 2. The lowest BCUT2D eigenvalue weighted by Crippen LogP contribution is -2.42. The largest absolute Gasteiger partial charge is 0.312 e. The molecule has 1 atom stereocenters. The summed E-state index contributed by atoms with van der Waals surface area (Å²) in [7, 11) is 0. The van der Waals surface area contributed by atoms with Gasteiger partial charge >= 0.3 is 0 Å². The van der Waals surface area contributed by atoms with Crippen LogP contribution in [0.5, 0.6) is 0 Å². The van der Waals surface area contributed by atoms with Crippen molar-refractivity contribution in [2.24, 2.45) is 11.8 Å². The maximum absolute atomic E-state index is 3.64. The number of hydrogen-bond donors (Lipinski definition) is 1. The van der Waals surface area contributed by atoms with Gasteiger partial charge in [-0.3, -0.25) is 0 Å². The zero-order valence-electron chi connectivity index (χ0n) is 10.2. The van der Waals surface area contributed by atoms with E-state index in [1.54, 1.807) is 0 Å². The molecule has 14 heavy (non-hydrogen) atoms. The Morgan fingerprint density at radius 3 is 2.57 bits per heavy atom. The lowest BCUT2D eigenvalue weighted by molar-refractivity contribution is 0.223. The standard InChI is InChI=1S/C12H26N2/c1-10(2)8-14-7-5-6-13-12(9-14)11(3)4/h10-13H,5-9H2,1-4H3. The van der Waals surface area contributed by atoms with Crippen molar-refractivity contribution in [2.45, 2.75) is 40.2 Å². The minimum Gasteiger partial charge on any atom is -0.312 e. The average Bonchev–Trinajstić information content (AvgIpc) is 2.28. The predicted molar refractivity (Wildman–Crippen MR) is 62.5 cm³/mol. The van der Waals surface area contributed by atoms with Crippen LogP contribution in [-0.4, -0.2) is 37.1 Å². The number of nitrogens with one attached hydrogen (secondary N) is 1. The molecule has 0 radical (unpaired) electrons. The molecule has 1 unspecified atom stereocenters. The summed E-state index contributed by atoms with van der Waals surface area (Å²) < 4.78 is 0. The molecule has 0 aliphatic carbocycles. The minimum atomic E-state index is 0.691. The van der Waals surface area contributed by atoms with Gasteiger partial charge in [0, 0.05) is 19.1 Å². The van der Waals surface area contributed by atoms with Crippen molar-refractivity contribution in [3.05, 3.63) is 0 Å². The topological polar surface area (TPSA) is 15.3 Å². The summed E-state index contributed by atoms with van der Waals surface area (Å²) in [5.41, 5.74) is 0. The SMILES string of the molecule is CC(C)CN1CCCNC(C(C)C)C1. The second-order valence-electron chi connectivity index (χ2n) is 5.31. The molecule has 1 aliphatic rings. The zero-order chi connectivity index (χ0) is 10.6. The van der Waals surface area contributed by atoms with Gasteiger partial charge in [-0.1, -0.05) is 27.7 Å². The van der Waals surface area contributed by atoms with Crippen LogP contribution in [0, 0.1) is 11.8 Å². The van der Waals surface area contributed by atoms with Crippen molar-refractivity contribution in [3.8, 4) is 0 Å². The van der Waals surface area contributed by atoms with Crippen LogP contribution >= 0.6 is 0 Å². The van der Waals surface area contributed by atoms with Gasteiger partial charge in [-0.15, -0.1) is 0 Å². The van der Waals surface area contributed by atoms with Gasteiger partial charge in [-0.25, -0.2) is 0 Å². The smallest absolute Gasteiger partial charge is 0.0217 e. The van der Waals surface area contributed by atoms with E-state index in [-0.39, 0.29) is 0 Å². The highest BCUT2D eigenvalue weighted by Crippen LogP contribution is 2.10. The molecule has 2 heteroatoms.